The van der Waals surface area contributed by atoms with E-state index in [0.717, 1.165) is 22.2 Å². The molecule has 112 valence electrons. The minimum absolute atomic E-state index is 0.582. The molecule has 0 saturated heterocycles. The van der Waals surface area contributed by atoms with E-state index in [2.05, 4.69) is 21.7 Å². The van der Waals surface area contributed by atoms with Gasteiger partial charge in [-0.2, -0.15) is 0 Å². The Bertz CT molecular complexity index is 785. The van der Waals surface area contributed by atoms with Crippen LogP contribution in [0, 0.1) is 0 Å². The molecule has 2 nitrogen and oxygen atoms in total. The zero-order chi connectivity index (χ0) is 15.5. The van der Waals surface area contributed by atoms with Crippen molar-refractivity contribution in [3.8, 4) is 11.3 Å². The third-order valence-electron chi connectivity index (χ3n) is 3.37. The Kier molecular flexibility index (Phi) is 4.77. The predicted octanol–water partition coefficient (Wildman–Crippen LogP) is 5.69. The van der Waals surface area contributed by atoms with Gasteiger partial charge in [0.25, 0.3) is 0 Å². The Labute approximate surface area is 144 Å². The summed E-state index contributed by atoms with van der Waals surface area (Å²) in [5.74, 6) is 0.802. The van der Waals surface area contributed by atoms with E-state index in [4.69, 9.17) is 23.2 Å². The SMILES string of the molecule is Cn1c(-c2ccccc2)cnc1SCc1ccc(Cl)c(Cl)c1. The van der Waals surface area contributed by atoms with Gasteiger partial charge in [-0.3, -0.25) is 0 Å². The molecule has 0 unspecified atom stereocenters. The van der Waals surface area contributed by atoms with Crippen LogP contribution in [-0.4, -0.2) is 9.55 Å². The smallest absolute Gasteiger partial charge is 0.168 e. The molecule has 0 atom stereocenters. The Morgan fingerprint density at radius 3 is 2.55 bits per heavy atom. The Hall–Kier alpha value is -1.42. The molecule has 0 N–H and O–H groups in total. The van der Waals surface area contributed by atoms with Gasteiger partial charge in [-0.1, -0.05) is 71.4 Å². The number of hydrogen-bond donors (Lipinski definition) is 0. The summed E-state index contributed by atoms with van der Waals surface area (Å²) in [7, 11) is 2.03. The van der Waals surface area contributed by atoms with Crippen LogP contribution in [0.1, 0.15) is 5.56 Å². The summed E-state index contributed by atoms with van der Waals surface area (Å²) in [6.45, 7) is 0. The minimum Gasteiger partial charge on any atom is -0.322 e. The molecule has 1 aromatic heterocycles. The molecule has 0 saturated carbocycles. The van der Waals surface area contributed by atoms with Crippen LogP contribution in [0.4, 0.5) is 0 Å². The highest BCUT2D eigenvalue weighted by Crippen LogP contribution is 2.29. The molecule has 0 amide bonds. The second-order valence-corrected chi connectivity index (χ2v) is 6.65. The minimum atomic E-state index is 0.582. The standard InChI is InChI=1S/C17H14Cl2N2S/c1-21-16(13-5-3-2-4-6-13)10-20-17(21)22-11-12-7-8-14(18)15(19)9-12/h2-10H,11H2,1H3. The molecule has 0 aliphatic carbocycles. The van der Waals surface area contributed by atoms with E-state index in [0.29, 0.717) is 10.0 Å². The molecule has 0 spiro atoms. The van der Waals surface area contributed by atoms with Gasteiger partial charge in [-0.15, -0.1) is 0 Å². The second-order valence-electron chi connectivity index (χ2n) is 4.89. The summed E-state index contributed by atoms with van der Waals surface area (Å²) >= 11 is 13.7. The average Bonchev–Trinajstić information content (AvgIpc) is 2.90. The van der Waals surface area contributed by atoms with Crippen molar-refractivity contribution >= 4 is 35.0 Å². The lowest BCUT2D eigenvalue weighted by Crippen LogP contribution is -1.94. The van der Waals surface area contributed by atoms with E-state index < -0.39 is 0 Å². The summed E-state index contributed by atoms with van der Waals surface area (Å²) in [5.41, 5.74) is 3.40. The first-order chi connectivity index (χ1) is 10.6. The lowest BCUT2D eigenvalue weighted by atomic mass is 10.2. The summed E-state index contributed by atoms with van der Waals surface area (Å²) in [6, 6.07) is 16.0. The Balaban J connectivity index is 1.76. The first-order valence-electron chi connectivity index (χ1n) is 6.79. The number of halogens is 2. The molecule has 0 fully saturated rings. The second kappa shape index (κ2) is 6.78. The van der Waals surface area contributed by atoms with Gasteiger partial charge in [0, 0.05) is 12.8 Å². The number of imidazole rings is 1. The van der Waals surface area contributed by atoms with Gasteiger partial charge in [-0.05, 0) is 23.3 Å². The van der Waals surface area contributed by atoms with Crippen LogP contribution in [-0.2, 0) is 12.8 Å². The molecular weight excluding hydrogens is 335 g/mol. The van der Waals surface area contributed by atoms with Crippen molar-refractivity contribution in [2.45, 2.75) is 10.9 Å². The molecule has 22 heavy (non-hydrogen) atoms. The highest BCUT2D eigenvalue weighted by Gasteiger charge is 2.09. The number of nitrogens with zero attached hydrogens (tertiary/aromatic N) is 2. The summed E-state index contributed by atoms with van der Waals surface area (Å²) < 4.78 is 2.11. The monoisotopic (exact) mass is 348 g/mol. The van der Waals surface area contributed by atoms with E-state index >= 15 is 0 Å². The van der Waals surface area contributed by atoms with Gasteiger partial charge >= 0.3 is 0 Å². The van der Waals surface area contributed by atoms with E-state index in [1.54, 1.807) is 11.8 Å². The van der Waals surface area contributed by atoms with Crippen molar-refractivity contribution in [3.05, 3.63) is 70.3 Å². The van der Waals surface area contributed by atoms with Crippen molar-refractivity contribution in [2.75, 3.05) is 0 Å². The maximum absolute atomic E-state index is 6.05. The third-order valence-corrected chi connectivity index (χ3v) is 5.22. The van der Waals surface area contributed by atoms with Crippen molar-refractivity contribution in [1.82, 2.24) is 9.55 Å². The topological polar surface area (TPSA) is 17.8 Å². The number of benzene rings is 2. The van der Waals surface area contributed by atoms with Crippen LogP contribution in [0.5, 0.6) is 0 Å². The van der Waals surface area contributed by atoms with Crippen molar-refractivity contribution in [1.29, 1.82) is 0 Å². The first-order valence-corrected chi connectivity index (χ1v) is 8.53. The molecule has 0 aliphatic heterocycles. The Morgan fingerprint density at radius 2 is 1.82 bits per heavy atom. The zero-order valence-corrected chi connectivity index (χ0v) is 14.3. The normalized spacial score (nSPS) is 10.9. The average molecular weight is 349 g/mol. The number of aromatic nitrogens is 2. The summed E-state index contributed by atoms with van der Waals surface area (Å²) in [5, 5.41) is 2.15. The molecule has 5 heteroatoms. The summed E-state index contributed by atoms with van der Waals surface area (Å²) in [6.07, 6.45) is 1.91. The number of rotatable bonds is 4. The molecule has 2 aromatic carbocycles. The lowest BCUT2D eigenvalue weighted by molar-refractivity contribution is 0.796. The van der Waals surface area contributed by atoms with Crippen molar-refractivity contribution in [2.24, 2.45) is 7.05 Å². The number of hydrogen-bond acceptors (Lipinski definition) is 2. The highest BCUT2D eigenvalue weighted by atomic mass is 35.5. The van der Waals surface area contributed by atoms with Gasteiger partial charge in [-0.25, -0.2) is 4.98 Å². The van der Waals surface area contributed by atoms with Crippen LogP contribution < -0.4 is 0 Å². The lowest BCUT2D eigenvalue weighted by Gasteiger charge is -2.06. The fourth-order valence-electron chi connectivity index (χ4n) is 2.18. The fraction of sp³-hybridized carbons (Fsp3) is 0.118. The third kappa shape index (κ3) is 3.32. The quantitative estimate of drug-likeness (QED) is 0.564. The van der Waals surface area contributed by atoms with Gasteiger partial charge in [0.2, 0.25) is 0 Å². The molecule has 1 heterocycles. The van der Waals surface area contributed by atoms with Crippen molar-refractivity contribution in [3.63, 3.8) is 0 Å². The molecular formula is C17H14Cl2N2S. The maximum atomic E-state index is 6.05. The zero-order valence-electron chi connectivity index (χ0n) is 12.0. The van der Waals surface area contributed by atoms with Crippen LogP contribution >= 0.6 is 35.0 Å². The van der Waals surface area contributed by atoms with Crippen LogP contribution in [0.15, 0.2) is 59.9 Å². The van der Waals surface area contributed by atoms with Crippen LogP contribution in [0.3, 0.4) is 0 Å². The molecule has 0 bridgehead atoms. The molecule has 0 aliphatic rings. The predicted molar refractivity (Wildman–Crippen MR) is 94.7 cm³/mol. The van der Waals surface area contributed by atoms with Gasteiger partial charge in [0.05, 0.1) is 21.9 Å². The fourth-order valence-corrected chi connectivity index (χ4v) is 3.40. The van der Waals surface area contributed by atoms with E-state index in [1.807, 2.05) is 49.6 Å². The van der Waals surface area contributed by atoms with E-state index in [-0.39, 0.29) is 0 Å². The maximum Gasteiger partial charge on any atom is 0.168 e. The van der Waals surface area contributed by atoms with E-state index in [1.165, 1.54) is 5.56 Å². The molecule has 3 rings (SSSR count). The first kappa shape index (κ1) is 15.5. The number of thioether (sulfide) groups is 1. The Morgan fingerprint density at radius 1 is 1.05 bits per heavy atom. The van der Waals surface area contributed by atoms with Crippen LogP contribution in [0.25, 0.3) is 11.3 Å². The van der Waals surface area contributed by atoms with Crippen molar-refractivity contribution < 1.29 is 0 Å². The largest absolute Gasteiger partial charge is 0.322 e. The van der Waals surface area contributed by atoms with Gasteiger partial charge < -0.3 is 4.57 Å². The van der Waals surface area contributed by atoms with E-state index in [9.17, 15) is 0 Å². The van der Waals surface area contributed by atoms with Gasteiger partial charge in [0.1, 0.15) is 0 Å². The van der Waals surface area contributed by atoms with Crippen LogP contribution in [0.2, 0.25) is 10.0 Å². The van der Waals surface area contributed by atoms with Gasteiger partial charge in [0.15, 0.2) is 5.16 Å². The summed E-state index contributed by atoms with van der Waals surface area (Å²) in [4.78, 5) is 4.51. The highest BCUT2D eigenvalue weighted by molar-refractivity contribution is 7.98. The molecule has 3 aromatic rings. The molecule has 0 radical (unpaired) electrons.